The Kier molecular flexibility index (Phi) is 4.35. The predicted octanol–water partition coefficient (Wildman–Crippen LogP) is 1.93. The first-order valence-corrected chi connectivity index (χ1v) is 7.42. The van der Waals surface area contributed by atoms with Crippen molar-refractivity contribution in [2.75, 3.05) is 0 Å². The number of aromatic hydroxyl groups is 1. The van der Waals surface area contributed by atoms with Crippen LogP contribution in [0.25, 0.3) is 11.0 Å². The van der Waals surface area contributed by atoms with Crippen LogP contribution in [-0.2, 0) is 11.2 Å². The molecule has 0 unspecified atom stereocenters. The van der Waals surface area contributed by atoms with E-state index in [0.717, 1.165) is 11.0 Å². The van der Waals surface area contributed by atoms with E-state index in [1.165, 1.54) is 18.2 Å². The van der Waals surface area contributed by atoms with Gasteiger partial charge in [-0.2, -0.15) is 0 Å². The number of hydrogen-bond donors (Lipinski definition) is 4. The zero-order valence-electron chi connectivity index (χ0n) is 12.3. The van der Waals surface area contributed by atoms with Crippen LogP contribution in [-0.4, -0.2) is 26.9 Å². The van der Waals surface area contributed by atoms with Crippen LogP contribution in [0.1, 0.15) is 16.2 Å². The van der Waals surface area contributed by atoms with Crippen molar-refractivity contribution in [2.45, 2.75) is 6.42 Å². The summed E-state index contributed by atoms with van der Waals surface area (Å²) in [6.07, 6.45) is -0.00864. The summed E-state index contributed by atoms with van der Waals surface area (Å²) in [5.74, 6) is -0.597. The first kappa shape index (κ1) is 15.8. The molecule has 7 nitrogen and oxygen atoms in total. The molecule has 3 rings (SSSR count). The molecule has 0 aliphatic rings. The Balaban J connectivity index is 1.58. The number of aromatic nitrogens is 2. The largest absolute Gasteiger partial charge is 0.506 e. The summed E-state index contributed by atoms with van der Waals surface area (Å²) in [6.45, 7) is 0. The average molecular weight is 345 g/mol. The van der Waals surface area contributed by atoms with E-state index in [9.17, 15) is 14.7 Å². The maximum atomic E-state index is 11.9. The number of amides is 2. The minimum atomic E-state index is -0.546. The van der Waals surface area contributed by atoms with E-state index in [1.807, 2.05) is 24.3 Å². The highest BCUT2D eigenvalue weighted by atomic mass is 35.5. The van der Waals surface area contributed by atoms with Crippen molar-refractivity contribution < 1.29 is 14.7 Å². The van der Waals surface area contributed by atoms with Crippen molar-refractivity contribution in [1.29, 1.82) is 0 Å². The third-order valence-electron chi connectivity index (χ3n) is 3.29. The Morgan fingerprint density at radius 1 is 1.17 bits per heavy atom. The molecule has 0 saturated heterocycles. The molecule has 0 radical (unpaired) electrons. The lowest BCUT2D eigenvalue weighted by Gasteiger charge is -2.07. The summed E-state index contributed by atoms with van der Waals surface area (Å²) in [5.41, 5.74) is 6.40. The van der Waals surface area contributed by atoms with Gasteiger partial charge >= 0.3 is 0 Å². The summed E-state index contributed by atoms with van der Waals surface area (Å²) in [6, 6.07) is 11.4. The van der Waals surface area contributed by atoms with Gasteiger partial charge < -0.3 is 10.1 Å². The number of carbonyl (C=O) groups excluding carboxylic acids is 2. The van der Waals surface area contributed by atoms with Gasteiger partial charge in [-0.3, -0.25) is 20.4 Å². The molecule has 2 aromatic carbocycles. The number of phenolic OH excluding ortho intramolecular Hbond substituents is 1. The second-order valence-corrected chi connectivity index (χ2v) is 5.45. The number of hydrazine groups is 1. The molecule has 3 aromatic rings. The van der Waals surface area contributed by atoms with Crippen LogP contribution < -0.4 is 10.9 Å². The SMILES string of the molecule is O=C(Cc1nc2ccccc2[nH]1)NNC(=O)c1ccc(O)c(Cl)c1. The van der Waals surface area contributed by atoms with Crippen molar-refractivity contribution in [3.05, 3.63) is 58.9 Å². The van der Waals surface area contributed by atoms with Crippen LogP contribution in [0, 0.1) is 0 Å². The molecule has 8 heteroatoms. The molecule has 0 fully saturated rings. The number of aromatic amines is 1. The maximum absolute atomic E-state index is 11.9. The molecule has 0 aliphatic heterocycles. The fourth-order valence-corrected chi connectivity index (χ4v) is 2.31. The quantitative estimate of drug-likeness (QED) is 0.544. The third-order valence-corrected chi connectivity index (χ3v) is 3.59. The Morgan fingerprint density at radius 3 is 2.71 bits per heavy atom. The average Bonchev–Trinajstić information content (AvgIpc) is 2.97. The fourth-order valence-electron chi connectivity index (χ4n) is 2.13. The van der Waals surface area contributed by atoms with Crippen molar-refractivity contribution >= 4 is 34.4 Å². The fraction of sp³-hybridized carbons (Fsp3) is 0.0625. The van der Waals surface area contributed by atoms with E-state index < -0.39 is 11.8 Å². The number of halogens is 1. The molecule has 0 atom stereocenters. The molecular formula is C16H13ClN4O3. The van der Waals surface area contributed by atoms with Crippen LogP contribution >= 0.6 is 11.6 Å². The van der Waals surface area contributed by atoms with Crippen LogP contribution in [0.4, 0.5) is 0 Å². The third kappa shape index (κ3) is 3.47. The Labute approximate surface area is 141 Å². The Morgan fingerprint density at radius 2 is 1.96 bits per heavy atom. The molecule has 24 heavy (non-hydrogen) atoms. The number of benzene rings is 2. The zero-order valence-corrected chi connectivity index (χ0v) is 13.1. The number of para-hydroxylation sites is 2. The van der Waals surface area contributed by atoms with Gasteiger partial charge in [0.15, 0.2) is 0 Å². The second-order valence-electron chi connectivity index (χ2n) is 5.05. The molecule has 122 valence electrons. The van der Waals surface area contributed by atoms with Gasteiger partial charge in [0.05, 0.1) is 22.5 Å². The highest BCUT2D eigenvalue weighted by Crippen LogP contribution is 2.23. The van der Waals surface area contributed by atoms with Crippen molar-refractivity contribution in [2.24, 2.45) is 0 Å². The number of H-pyrrole nitrogens is 1. The number of nitrogens with one attached hydrogen (secondary N) is 3. The molecule has 0 bridgehead atoms. The van der Waals surface area contributed by atoms with E-state index in [2.05, 4.69) is 20.8 Å². The van der Waals surface area contributed by atoms with Crippen LogP contribution in [0.15, 0.2) is 42.5 Å². The molecule has 0 saturated carbocycles. The predicted molar refractivity (Wildman–Crippen MR) is 88.5 cm³/mol. The van der Waals surface area contributed by atoms with E-state index in [-0.39, 0.29) is 22.8 Å². The number of phenols is 1. The molecule has 0 aliphatic carbocycles. The summed E-state index contributed by atoms with van der Waals surface area (Å²) in [4.78, 5) is 31.1. The first-order chi connectivity index (χ1) is 11.5. The van der Waals surface area contributed by atoms with Gasteiger partial charge in [-0.1, -0.05) is 23.7 Å². The molecule has 1 heterocycles. The van der Waals surface area contributed by atoms with Crippen LogP contribution in [0.2, 0.25) is 5.02 Å². The minimum absolute atomic E-state index is 0.00864. The van der Waals surface area contributed by atoms with Gasteiger partial charge in [-0.05, 0) is 30.3 Å². The monoisotopic (exact) mass is 344 g/mol. The van der Waals surface area contributed by atoms with Gasteiger partial charge in [-0.15, -0.1) is 0 Å². The topological polar surface area (TPSA) is 107 Å². The summed E-state index contributed by atoms with van der Waals surface area (Å²) in [7, 11) is 0. The molecular weight excluding hydrogens is 332 g/mol. The number of rotatable bonds is 3. The summed E-state index contributed by atoms with van der Waals surface area (Å²) < 4.78 is 0. The van der Waals surface area contributed by atoms with Crippen LogP contribution in [0.5, 0.6) is 5.75 Å². The van der Waals surface area contributed by atoms with Gasteiger partial charge in [0.1, 0.15) is 11.6 Å². The highest BCUT2D eigenvalue weighted by Gasteiger charge is 2.11. The number of imidazole rings is 1. The molecule has 2 amide bonds. The normalized spacial score (nSPS) is 10.5. The van der Waals surface area contributed by atoms with Gasteiger partial charge in [0.2, 0.25) is 5.91 Å². The smallest absolute Gasteiger partial charge is 0.269 e. The number of fused-ring (bicyclic) bond motifs is 1. The van der Waals surface area contributed by atoms with Gasteiger partial charge in [0.25, 0.3) is 5.91 Å². The zero-order chi connectivity index (χ0) is 17.1. The highest BCUT2D eigenvalue weighted by molar-refractivity contribution is 6.32. The van der Waals surface area contributed by atoms with E-state index in [1.54, 1.807) is 0 Å². The van der Waals surface area contributed by atoms with Gasteiger partial charge in [0, 0.05) is 5.56 Å². The lowest BCUT2D eigenvalue weighted by molar-refractivity contribution is -0.121. The summed E-state index contributed by atoms with van der Waals surface area (Å²) >= 11 is 5.74. The first-order valence-electron chi connectivity index (χ1n) is 7.04. The van der Waals surface area contributed by atoms with Crippen LogP contribution in [0.3, 0.4) is 0 Å². The lowest BCUT2D eigenvalue weighted by atomic mass is 10.2. The van der Waals surface area contributed by atoms with E-state index >= 15 is 0 Å². The van der Waals surface area contributed by atoms with Crippen molar-refractivity contribution in [1.82, 2.24) is 20.8 Å². The lowest BCUT2D eigenvalue weighted by Crippen LogP contribution is -2.42. The maximum Gasteiger partial charge on any atom is 0.269 e. The minimum Gasteiger partial charge on any atom is -0.506 e. The van der Waals surface area contributed by atoms with E-state index in [0.29, 0.717) is 5.82 Å². The number of carbonyl (C=O) groups is 2. The van der Waals surface area contributed by atoms with E-state index in [4.69, 9.17) is 11.6 Å². The number of nitrogens with zero attached hydrogens (tertiary/aromatic N) is 1. The standard InChI is InChI=1S/C16H13ClN4O3/c17-10-7-9(5-6-13(10)22)16(24)21-20-15(23)8-14-18-11-3-1-2-4-12(11)19-14/h1-7,22H,8H2,(H,18,19)(H,20,23)(H,21,24). The van der Waals surface area contributed by atoms with Crippen molar-refractivity contribution in [3.63, 3.8) is 0 Å². The second kappa shape index (κ2) is 6.59. The number of hydrogen-bond acceptors (Lipinski definition) is 4. The molecule has 4 N–H and O–H groups in total. The Bertz CT molecular complexity index is 890. The van der Waals surface area contributed by atoms with Crippen molar-refractivity contribution in [3.8, 4) is 5.75 Å². The summed E-state index contributed by atoms with van der Waals surface area (Å²) in [5, 5.41) is 9.38. The van der Waals surface area contributed by atoms with Gasteiger partial charge in [-0.25, -0.2) is 4.98 Å². The molecule has 0 spiro atoms. The Hall–Kier alpha value is -3.06. The molecule has 1 aromatic heterocycles.